The second-order valence-electron chi connectivity index (χ2n) is 2.96. The third kappa shape index (κ3) is 1.59. The summed E-state index contributed by atoms with van der Waals surface area (Å²) in [5.41, 5.74) is 0. The highest BCUT2D eigenvalue weighted by Gasteiger charge is 2.11. The zero-order chi connectivity index (χ0) is 8.39. The van der Waals surface area contributed by atoms with Gasteiger partial charge >= 0.3 is 0 Å². The van der Waals surface area contributed by atoms with E-state index in [-0.39, 0.29) is 0 Å². The van der Waals surface area contributed by atoms with Gasteiger partial charge in [0.25, 0.3) is 0 Å². The van der Waals surface area contributed by atoms with Gasteiger partial charge < -0.3 is 10.2 Å². The SMILES string of the molecule is Cc1nc(N2CCNCC2)cs1. The van der Waals surface area contributed by atoms with Crippen molar-refractivity contribution in [1.29, 1.82) is 0 Å². The first-order chi connectivity index (χ1) is 5.86. The molecule has 0 unspecified atom stereocenters. The number of thiazole rings is 1. The van der Waals surface area contributed by atoms with Crippen LogP contribution in [0, 0.1) is 6.92 Å². The molecule has 1 aliphatic heterocycles. The molecule has 0 radical (unpaired) electrons. The second-order valence-corrected chi connectivity index (χ2v) is 4.02. The number of aryl methyl sites for hydroxylation is 1. The first kappa shape index (κ1) is 8.01. The zero-order valence-electron chi connectivity index (χ0n) is 7.21. The predicted molar refractivity (Wildman–Crippen MR) is 51.9 cm³/mol. The molecule has 4 heteroatoms. The molecule has 2 heterocycles. The summed E-state index contributed by atoms with van der Waals surface area (Å²) in [6, 6.07) is 0. The number of nitrogens with zero attached hydrogens (tertiary/aromatic N) is 2. The van der Waals surface area contributed by atoms with Gasteiger partial charge in [-0.25, -0.2) is 4.98 Å². The van der Waals surface area contributed by atoms with E-state index < -0.39 is 0 Å². The van der Waals surface area contributed by atoms with E-state index >= 15 is 0 Å². The topological polar surface area (TPSA) is 28.2 Å². The Morgan fingerprint density at radius 2 is 2.25 bits per heavy atom. The van der Waals surface area contributed by atoms with Crippen molar-refractivity contribution >= 4 is 17.2 Å². The Hall–Kier alpha value is -0.610. The molecule has 1 aromatic rings. The minimum Gasteiger partial charge on any atom is -0.353 e. The molecule has 1 N–H and O–H groups in total. The molecule has 1 fully saturated rings. The molecule has 1 aliphatic rings. The van der Waals surface area contributed by atoms with E-state index in [0.29, 0.717) is 0 Å². The number of anilines is 1. The van der Waals surface area contributed by atoms with Crippen LogP contribution < -0.4 is 10.2 Å². The fourth-order valence-corrected chi connectivity index (χ4v) is 2.02. The van der Waals surface area contributed by atoms with Gasteiger partial charge in [-0.2, -0.15) is 0 Å². The van der Waals surface area contributed by atoms with E-state index in [1.165, 1.54) is 0 Å². The van der Waals surface area contributed by atoms with Gasteiger partial charge in [0.15, 0.2) is 0 Å². The largest absolute Gasteiger partial charge is 0.353 e. The first-order valence-electron chi connectivity index (χ1n) is 4.24. The van der Waals surface area contributed by atoms with Gasteiger partial charge in [0.1, 0.15) is 5.82 Å². The van der Waals surface area contributed by atoms with Gasteiger partial charge in [-0.3, -0.25) is 0 Å². The maximum atomic E-state index is 4.45. The summed E-state index contributed by atoms with van der Waals surface area (Å²) in [7, 11) is 0. The van der Waals surface area contributed by atoms with Gasteiger partial charge in [-0.15, -0.1) is 11.3 Å². The van der Waals surface area contributed by atoms with Crippen molar-refractivity contribution in [3.05, 3.63) is 10.4 Å². The average Bonchev–Trinajstić information content (AvgIpc) is 2.54. The maximum Gasteiger partial charge on any atom is 0.139 e. The predicted octanol–water partition coefficient (Wildman–Crippen LogP) is 0.861. The van der Waals surface area contributed by atoms with Gasteiger partial charge in [0.05, 0.1) is 5.01 Å². The van der Waals surface area contributed by atoms with Crippen molar-refractivity contribution in [1.82, 2.24) is 10.3 Å². The molecule has 3 nitrogen and oxygen atoms in total. The van der Waals surface area contributed by atoms with Crippen LogP contribution in [0.1, 0.15) is 5.01 Å². The van der Waals surface area contributed by atoms with Gasteiger partial charge in [0, 0.05) is 31.6 Å². The van der Waals surface area contributed by atoms with Crippen molar-refractivity contribution in [3.8, 4) is 0 Å². The van der Waals surface area contributed by atoms with Crippen LogP contribution in [0.25, 0.3) is 0 Å². The Morgan fingerprint density at radius 3 is 2.83 bits per heavy atom. The summed E-state index contributed by atoms with van der Waals surface area (Å²) in [5.74, 6) is 1.15. The van der Waals surface area contributed by atoms with Crippen molar-refractivity contribution < 1.29 is 0 Å². The third-order valence-electron chi connectivity index (χ3n) is 2.05. The van der Waals surface area contributed by atoms with Crippen LogP contribution in [0.5, 0.6) is 0 Å². The highest BCUT2D eigenvalue weighted by molar-refractivity contribution is 7.09. The van der Waals surface area contributed by atoms with Crippen LogP contribution in [0.3, 0.4) is 0 Å². The molecule has 0 atom stereocenters. The van der Waals surface area contributed by atoms with Gasteiger partial charge in [0.2, 0.25) is 0 Å². The molecule has 0 saturated carbocycles. The molecule has 0 aromatic carbocycles. The van der Waals surface area contributed by atoms with Gasteiger partial charge in [-0.1, -0.05) is 0 Å². The lowest BCUT2D eigenvalue weighted by Gasteiger charge is -2.27. The van der Waals surface area contributed by atoms with Crippen molar-refractivity contribution in [3.63, 3.8) is 0 Å². The Kier molecular flexibility index (Phi) is 2.28. The highest BCUT2D eigenvalue weighted by atomic mass is 32.1. The van der Waals surface area contributed by atoms with E-state index in [1.54, 1.807) is 11.3 Å². The van der Waals surface area contributed by atoms with Crippen molar-refractivity contribution in [2.24, 2.45) is 0 Å². The summed E-state index contributed by atoms with van der Waals surface area (Å²) < 4.78 is 0. The number of piperazine rings is 1. The summed E-state index contributed by atoms with van der Waals surface area (Å²) >= 11 is 1.72. The van der Waals surface area contributed by atoms with Crippen LogP contribution >= 0.6 is 11.3 Å². The molecule has 2 rings (SSSR count). The Morgan fingerprint density at radius 1 is 1.50 bits per heavy atom. The summed E-state index contributed by atoms with van der Waals surface area (Å²) in [6.45, 7) is 6.38. The van der Waals surface area contributed by atoms with E-state index in [9.17, 15) is 0 Å². The summed E-state index contributed by atoms with van der Waals surface area (Å²) in [4.78, 5) is 6.78. The Bertz CT molecular complexity index is 253. The van der Waals surface area contributed by atoms with Crippen LogP contribution in [0.4, 0.5) is 5.82 Å². The fraction of sp³-hybridized carbons (Fsp3) is 0.625. The number of rotatable bonds is 1. The number of nitrogens with one attached hydrogen (secondary N) is 1. The van der Waals surface area contributed by atoms with E-state index in [0.717, 1.165) is 37.0 Å². The number of hydrogen-bond donors (Lipinski definition) is 1. The van der Waals surface area contributed by atoms with Gasteiger partial charge in [-0.05, 0) is 6.92 Å². The average molecular weight is 183 g/mol. The minimum atomic E-state index is 1.08. The molecular formula is C8H13N3S. The second kappa shape index (κ2) is 3.41. The molecule has 0 bridgehead atoms. The monoisotopic (exact) mass is 183 g/mol. The standard InChI is InChI=1S/C8H13N3S/c1-7-10-8(6-12-7)11-4-2-9-3-5-11/h6,9H,2-5H2,1H3. The molecule has 0 spiro atoms. The maximum absolute atomic E-state index is 4.45. The van der Waals surface area contributed by atoms with E-state index in [1.807, 2.05) is 0 Å². The molecule has 1 saturated heterocycles. The molecule has 12 heavy (non-hydrogen) atoms. The van der Waals surface area contributed by atoms with Crippen LogP contribution in [-0.2, 0) is 0 Å². The third-order valence-corrected chi connectivity index (χ3v) is 2.81. The van der Waals surface area contributed by atoms with E-state index in [4.69, 9.17) is 0 Å². The molecule has 1 aromatic heterocycles. The lowest BCUT2D eigenvalue weighted by atomic mass is 10.4. The summed E-state index contributed by atoms with van der Waals surface area (Å²) in [6.07, 6.45) is 0. The lowest BCUT2D eigenvalue weighted by molar-refractivity contribution is 0.585. The van der Waals surface area contributed by atoms with Crippen molar-refractivity contribution in [2.75, 3.05) is 31.1 Å². The smallest absolute Gasteiger partial charge is 0.139 e. The van der Waals surface area contributed by atoms with Crippen LogP contribution in [0.15, 0.2) is 5.38 Å². The van der Waals surface area contributed by atoms with Crippen LogP contribution in [0.2, 0.25) is 0 Å². The van der Waals surface area contributed by atoms with Crippen LogP contribution in [-0.4, -0.2) is 31.2 Å². The molecule has 0 aliphatic carbocycles. The van der Waals surface area contributed by atoms with E-state index in [2.05, 4.69) is 27.5 Å². The number of aromatic nitrogens is 1. The normalized spacial score (nSPS) is 18.2. The highest BCUT2D eigenvalue weighted by Crippen LogP contribution is 2.17. The Balaban J connectivity index is 2.08. The number of hydrogen-bond acceptors (Lipinski definition) is 4. The zero-order valence-corrected chi connectivity index (χ0v) is 8.02. The fourth-order valence-electron chi connectivity index (χ4n) is 1.39. The minimum absolute atomic E-state index is 1.08. The first-order valence-corrected chi connectivity index (χ1v) is 5.12. The Labute approximate surface area is 76.4 Å². The lowest BCUT2D eigenvalue weighted by Crippen LogP contribution is -2.43. The quantitative estimate of drug-likeness (QED) is 0.700. The molecule has 0 amide bonds. The molecule has 66 valence electrons. The summed E-state index contributed by atoms with van der Waals surface area (Å²) in [5, 5.41) is 6.62. The molecular weight excluding hydrogens is 170 g/mol. The van der Waals surface area contributed by atoms with Crippen molar-refractivity contribution in [2.45, 2.75) is 6.92 Å².